The zero-order valence-corrected chi connectivity index (χ0v) is 10.8. The van der Waals surface area contributed by atoms with Gasteiger partial charge in [-0.3, -0.25) is 19.2 Å². The zero-order chi connectivity index (χ0) is 16.6. The van der Waals surface area contributed by atoms with Crippen LogP contribution in [0.4, 0.5) is 13.2 Å². The largest absolute Gasteiger partial charge is 0.481 e. The average molecular weight is 314 g/mol. The molecule has 120 valence electrons. The molecule has 0 rings (SSSR count). The molecule has 2 amide bonds. The lowest BCUT2D eigenvalue weighted by atomic mass is 10.2. The van der Waals surface area contributed by atoms with Crippen molar-refractivity contribution >= 4 is 23.8 Å². The van der Waals surface area contributed by atoms with Crippen LogP contribution in [-0.4, -0.2) is 54.2 Å². The Morgan fingerprint density at radius 3 is 2.24 bits per heavy atom. The number of amides is 2. The molecule has 3 N–H and O–H groups in total. The van der Waals surface area contributed by atoms with E-state index in [0.717, 1.165) is 0 Å². The van der Waals surface area contributed by atoms with Crippen LogP contribution >= 0.6 is 0 Å². The summed E-state index contributed by atoms with van der Waals surface area (Å²) in [7, 11) is 0. The van der Waals surface area contributed by atoms with Crippen molar-refractivity contribution in [1.29, 1.82) is 0 Å². The molecule has 0 aromatic heterocycles. The van der Waals surface area contributed by atoms with Crippen LogP contribution in [0.15, 0.2) is 0 Å². The van der Waals surface area contributed by atoms with Crippen LogP contribution in [0.2, 0.25) is 0 Å². The molecule has 11 heteroatoms. The van der Waals surface area contributed by atoms with Gasteiger partial charge in [0.1, 0.15) is 12.6 Å². The fourth-order valence-corrected chi connectivity index (χ4v) is 1.12. The summed E-state index contributed by atoms with van der Waals surface area (Å²) >= 11 is 0. The minimum absolute atomic E-state index is 0.0259. The van der Waals surface area contributed by atoms with Gasteiger partial charge in [-0.25, -0.2) is 0 Å². The second kappa shape index (κ2) is 8.07. The number of halogens is 3. The van der Waals surface area contributed by atoms with Gasteiger partial charge in [-0.1, -0.05) is 0 Å². The van der Waals surface area contributed by atoms with E-state index in [1.807, 2.05) is 5.32 Å². The van der Waals surface area contributed by atoms with E-state index in [2.05, 4.69) is 4.74 Å². The van der Waals surface area contributed by atoms with Gasteiger partial charge >= 0.3 is 24.0 Å². The molecule has 1 atom stereocenters. The Labute approximate surface area is 116 Å². The van der Waals surface area contributed by atoms with Crippen LogP contribution in [-0.2, 0) is 23.9 Å². The van der Waals surface area contributed by atoms with Crippen molar-refractivity contribution in [3.05, 3.63) is 0 Å². The van der Waals surface area contributed by atoms with E-state index < -0.39 is 48.9 Å². The Kier molecular flexibility index (Phi) is 7.17. The Morgan fingerprint density at radius 1 is 1.24 bits per heavy atom. The summed E-state index contributed by atoms with van der Waals surface area (Å²) in [5.41, 5.74) is 0. The number of carboxylic acids is 1. The third kappa shape index (κ3) is 7.74. The van der Waals surface area contributed by atoms with Gasteiger partial charge in [0.05, 0.1) is 13.0 Å². The van der Waals surface area contributed by atoms with E-state index in [9.17, 15) is 32.3 Å². The number of hydrogen-bond donors (Lipinski definition) is 3. The predicted octanol–water partition coefficient (Wildman–Crippen LogP) is -0.812. The molecule has 1 unspecified atom stereocenters. The molecule has 0 aliphatic carbocycles. The maximum atomic E-state index is 12.1. The Bertz CT molecular complexity index is 424. The molecule has 0 saturated heterocycles. The lowest BCUT2D eigenvalue weighted by Gasteiger charge is -2.17. The topological polar surface area (TPSA) is 122 Å². The van der Waals surface area contributed by atoms with Crippen molar-refractivity contribution in [3.63, 3.8) is 0 Å². The van der Waals surface area contributed by atoms with E-state index in [1.54, 1.807) is 0 Å². The van der Waals surface area contributed by atoms with Crippen molar-refractivity contribution in [3.8, 4) is 0 Å². The highest BCUT2D eigenvalue weighted by atomic mass is 19.4. The predicted molar refractivity (Wildman–Crippen MR) is 59.9 cm³/mol. The van der Waals surface area contributed by atoms with Gasteiger partial charge in [0.15, 0.2) is 0 Å². The molecule has 0 heterocycles. The molecular formula is C10H13F3N2O6. The highest BCUT2D eigenvalue weighted by molar-refractivity contribution is 5.93. The van der Waals surface area contributed by atoms with Gasteiger partial charge in [0, 0.05) is 0 Å². The number of ether oxygens (including phenoxy) is 1. The first-order valence-corrected chi connectivity index (χ1v) is 5.60. The van der Waals surface area contributed by atoms with E-state index >= 15 is 0 Å². The highest BCUT2D eigenvalue weighted by Gasteiger charge is 2.41. The summed E-state index contributed by atoms with van der Waals surface area (Å²) in [6, 6.07) is -1.97. The molecule has 0 aliphatic rings. The molecule has 0 radical (unpaired) electrons. The fraction of sp³-hybridized carbons (Fsp3) is 0.600. The molecule has 0 spiro atoms. The number of esters is 1. The summed E-state index contributed by atoms with van der Waals surface area (Å²) in [5.74, 6) is -6.17. The minimum atomic E-state index is -5.27. The number of carboxylic acid groups (broad SMARTS) is 1. The Balaban J connectivity index is 4.67. The first-order valence-electron chi connectivity index (χ1n) is 5.60. The van der Waals surface area contributed by atoms with Crippen LogP contribution < -0.4 is 10.6 Å². The fourth-order valence-electron chi connectivity index (χ4n) is 1.12. The summed E-state index contributed by atoms with van der Waals surface area (Å²) in [6.07, 6.45) is -6.34. The van der Waals surface area contributed by atoms with Crippen molar-refractivity contribution in [2.24, 2.45) is 0 Å². The lowest BCUT2D eigenvalue weighted by Crippen LogP contribution is -2.52. The minimum Gasteiger partial charge on any atom is -0.481 e. The standard InChI is InChI=1S/C10H13F3N2O6/c1-2-21-7(18)4-14-8(19)5(3-6(16)17)15-9(20)10(11,12)13/h5H,2-4H2,1H3,(H,14,19)(H,15,20)(H,16,17). The third-order valence-corrected chi connectivity index (χ3v) is 1.97. The highest BCUT2D eigenvalue weighted by Crippen LogP contribution is 2.14. The number of nitrogens with one attached hydrogen (secondary N) is 2. The lowest BCUT2D eigenvalue weighted by molar-refractivity contribution is -0.175. The normalized spacial score (nSPS) is 12.2. The molecule has 0 bridgehead atoms. The van der Waals surface area contributed by atoms with Crippen LogP contribution in [0.1, 0.15) is 13.3 Å². The van der Waals surface area contributed by atoms with Gasteiger partial charge in [-0.15, -0.1) is 0 Å². The van der Waals surface area contributed by atoms with Gasteiger partial charge in [-0.05, 0) is 6.92 Å². The molecule has 0 aromatic rings. The number of hydrogen-bond acceptors (Lipinski definition) is 5. The number of carbonyl (C=O) groups is 4. The van der Waals surface area contributed by atoms with Crippen molar-refractivity contribution in [2.75, 3.05) is 13.2 Å². The van der Waals surface area contributed by atoms with E-state index in [1.165, 1.54) is 12.2 Å². The molecule has 0 fully saturated rings. The summed E-state index contributed by atoms with van der Waals surface area (Å²) < 4.78 is 40.6. The van der Waals surface area contributed by atoms with Crippen molar-refractivity contribution in [1.82, 2.24) is 10.6 Å². The number of alkyl halides is 3. The number of rotatable bonds is 7. The Morgan fingerprint density at radius 2 is 1.81 bits per heavy atom. The van der Waals surface area contributed by atoms with Crippen LogP contribution in [0, 0.1) is 0 Å². The monoisotopic (exact) mass is 314 g/mol. The summed E-state index contributed by atoms with van der Waals surface area (Å²) in [5, 5.41) is 11.6. The van der Waals surface area contributed by atoms with E-state index in [4.69, 9.17) is 5.11 Å². The third-order valence-electron chi connectivity index (χ3n) is 1.97. The first-order chi connectivity index (χ1) is 9.57. The van der Waals surface area contributed by atoms with Gasteiger partial charge < -0.3 is 20.5 Å². The SMILES string of the molecule is CCOC(=O)CNC(=O)C(CC(=O)O)NC(=O)C(F)(F)F. The van der Waals surface area contributed by atoms with Crippen LogP contribution in [0.5, 0.6) is 0 Å². The quantitative estimate of drug-likeness (QED) is 0.528. The van der Waals surface area contributed by atoms with Crippen LogP contribution in [0.25, 0.3) is 0 Å². The summed E-state index contributed by atoms with van der Waals surface area (Å²) in [6.45, 7) is 0.860. The molecule has 21 heavy (non-hydrogen) atoms. The number of carbonyl (C=O) groups excluding carboxylic acids is 3. The summed E-state index contributed by atoms with van der Waals surface area (Å²) in [4.78, 5) is 43.6. The van der Waals surface area contributed by atoms with Crippen molar-refractivity contribution < 1.29 is 42.2 Å². The second-order valence-electron chi connectivity index (χ2n) is 3.64. The maximum Gasteiger partial charge on any atom is 0.471 e. The van der Waals surface area contributed by atoms with Gasteiger partial charge in [-0.2, -0.15) is 13.2 Å². The van der Waals surface area contributed by atoms with E-state index in [0.29, 0.717) is 0 Å². The molecule has 0 aliphatic heterocycles. The molecular weight excluding hydrogens is 301 g/mol. The zero-order valence-electron chi connectivity index (χ0n) is 10.8. The molecule has 0 saturated carbocycles. The second-order valence-corrected chi connectivity index (χ2v) is 3.64. The van der Waals surface area contributed by atoms with Gasteiger partial charge in [0.25, 0.3) is 0 Å². The number of aliphatic carboxylic acids is 1. The maximum absolute atomic E-state index is 12.1. The van der Waals surface area contributed by atoms with Crippen LogP contribution in [0.3, 0.4) is 0 Å². The van der Waals surface area contributed by atoms with Gasteiger partial charge in [0.2, 0.25) is 5.91 Å². The smallest absolute Gasteiger partial charge is 0.471 e. The Hall–Kier alpha value is -2.33. The first kappa shape index (κ1) is 18.7. The molecule has 8 nitrogen and oxygen atoms in total. The average Bonchev–Trinajstić information content (AvgIpc) is 2.33. The van der Waals surface area contributed by atoms with E-state index in [-0.39, 0.29) is 6.61 Å². The van der Waals surface area contributed by atoms with Crippen molar-refractivity contribution in [2.45, 2.75) is 25.6 Å². The molecule has 0 aromatic carbocycles.